The van der Waals surface area contributed by atoms with Gasteiger partial charge in [-0.3, -0.25) is 4.90 Å². The van der Waals surface area contributed by atoms with Gasteiger partial charge >= 0.3 is 6.03 Å². The summed E-state index contributed by atoms with van der Waals surface area (Å²) in [5, 5.41) is 8.24. The highest BCUT2D eigenvalue weighted by molar-refractivity contribution is 9.10. The lowest BCUT2D eigenvalue weighted by atomic mass is 10.2. The van der Waals surface area contributed by atoms with Crippen molar-refractivity contribution < 1.29 is 4.79 Å². The van der Waals surface area contributed by atoms with E-state index in [1.54, 1.807) is 16.2 Å². The molecule has 20 heavy (non-hydrogen) atoms. The number of urea groups is 1. The first-order valence-corrected chi connectivity index (χ1v) is 8.02. The second-order valence-electron chi connectivity index (χ2n) is 4.48. The van der Waals surface area contributed by atoms with Crippen molar-refractivity contribution >= 4 is 44.7 Å². The molecule has 1 aromatic heterocycles. The molecule has 2 N–H and O–H groups in total. The van der Waals surface area contributed by atoms with E-state index >= 15 is 0 Å². The summed E-state index contributed by atoms with van der Waals surface area (Å²) < 4.78 is 1.14. The third-order valence-electron chi connectivity index (χ3n) is 3.18. The molecule has 0 aliphatic carbocycles. The van der Waals surface area contributed by atoms with Crippen LogP contribution in [0.4, 0.5) is 16.2 Å². The van der Waals surface area contributed by atoms with E-state index in [0.29, 0.717) is 6.54 Å². The summed E-state index contributed by atoms with van der Waals surface area (Å²) >= 11 is 5.24. The lowest BCUT2D eigenvalue weighted by molar-refractivity contribution is 0.252. The number of hydrogen-bond donors (Lipinski definition) is 2. The van der Waals surface area contributed by atoms with Gasteiger partial charge < -0.3 is 10.6 Å². The minimum Gasteiger partial charge on any atom is -0.380 e. The zero-order valence-electron chi connectivity index (χ0n) is 10.7. The minimum absolute atomic E-state index is 0.0202. The van der Waals surface area contributed by atoms with Crippen molar-refractivity contribution in [3.8, 4) is 0 Å². The number of hydrogen-bond acceptors (Lipinski definition) is 3. The monoisotopic (exact) mass is 351 g/mol. The summed E-state index contributed by atoms with van der Waals surface area (Å²) in [6, 6.07) is 9.97. The maximum Gasteiger partial charge on any atom is 0.321 e. The van der Waals surface area contributed by atoms with Crippen molar-refractivity contribution in [2.75, 3.05) is 23.3 Å². The third kappa shape index (κ3) is 2.81. The number of halogens is 1. The molecule has 0 radical (unpaired) electrons. The third-order valence-corrected chi connectivity index (χ3v) is 5.11. The van der Waals surface area contributed by atoms with Gasteiger partial charge in [0, 0.05) is 33.8 Å². The Labute approximate surface area is 129 Å². The average Bonchev–Trinajstić information content (AvgIpc) is 3.06. The fourth-order valence-corrected chi connectivity index (χ4v) is 3.54. The topological polar surface area (TPSA) is 44.4 Å². The van der Waals surface area contributed by atoms with Crippen LogP contribution in [0.5, 0.6) is 0 Å². The molecule has 4 nitrogen and oxygen atoms in total. The predicted octanol–water partition coefficient (Wildman–Crippen LogP) is 3.65. The van der Waals surface area contributed by atoms with Gasteiger partial charge in [0.25, 0.3) is 0 Å². The maximum absolute atomic E-state index is 11.6. The standard InChI is InChI=1S/C14H14BrN3OS/c15-12-5-8-20-13(12)9-17-10-1-3-11(4-2-10)18-7-6-16-14(18)19/h1-5,8,17H,6-7,9H2,(H,16,19). The number of nitrogens with zero attached hydrogens (tertiary/aromatic N) is 1. The first kappa shape index (κ1) is 13.5. The fourth-order valence-electron chi connectivity index (χ4n) is 2.11. The van der Waals surface area contributed by atoms with Gasteiger partial charge in [0.1, 0.15) is 0 Å². The molecule has 0 spiro atoms. The Bertz CT molecular complexity index is 611. The molecule has 3 rings (SSSR count). The molecular weight excluding hydrogens is 338 g/mol. The van der Waals surface area contributed by atoms with Crippen LogP contribution in [0.25, 0.3) is 0 Å². The van der Waals surface area contributed by atoms with Gasteiger partial charge in [-0.2, -0.15) is 0 Å². The van der Waals surface area contributed by atoms with Gasteiger partial charge in [0.2, 0.25) is 0 Å². The van der Waals surface area contributed by atoms with Crippen LogP contribution in [0.1, 0.15) is 4.88 Å². The molecule has 2 aromatic rings. The van der Waals surface area contributed by atoms with Gasteiger partial charge in [0.15, 0.2) is 0 Å². The minimum atomic E-state index is -0.0202. The second kappa shape index (κ2) is 5.85. The summed E-state index contributed by atoms with van der Waals surface area (Å²) in [6.07, 6.45) is 0. The number of anilines is 2. The predicted molar refractivity (Wildman–Crippen MR) is 86.5 cm³/mol. The number of nitrogens with one attached hydrogen (secondary N) is 2. The number of benzene rings is 1. The summed E-state index contributed by atoms with van der Waals surface area (Å²) in [4.78, 5) is 14.6. The van der Waals surface area contributed by atoms with Gasteiger partial charge in [-0.05, 0) is 51.6 Å². The van der Waals surface area contributed by atoms with Gasteiger partial charge in [-0.15, -0.1) is 11.3 Å². The summed E-state index contributed by atoms with van der Waals surface area (Å²) in [6.45, 7) is 2.24. The highest BCUT2D eigenvalue weighted by Crippen LogP contribution is 2.24. The highest BCUT2D eigenvalue weighted by atomic mass is 79.9. The average molecular weight is 352 g/mol. The van der Waals surface area contributed by atoms with Crippen molar-refractivity contribution in [3.05, 3.63) is 45.1 Å². The molecule has 1 aromatic carbocycles. The molecule has 0 unspecified atom stereocenters. The van der Waals surface area contributed by atoms with Crippen molar-refractivity contribution in [1.29, 1.82) is 0 Å². The van der Waals surface area contributed by atoms with Gasteiger partial charge in [0.05, 0.1) is 6.54 Å². The number of carbonyl (C=O) groups is 1. The quantitative estimate of drug-likeness (QED) is 0.882. The second-order valence-corrected chi connectivity index (χ2v) is 6.33. The lowest BCUT2D eigenvalue weighted by Crippen LogP contribution is -2.27. The van der Waals surface area contributed by atoms with Crippen LogP contribution in [0.2, 0.25) is 0 Å². The van der Waals surface area contributed by atoms with Crippen LogP contribution in [-0.4, -0.2) is 19.1 Å². The van der Waals surface area contributed by atoms with Gasteiger partial charge in [-0.25, -0.2) is 4.79 Å². The fraction of sp³-hybridized carbons (Fsp3) is 0.214. The van der Waals surface area contributed by atoms with E-state index in [4.69, 9.17) is 0 Å². The van der Waals surface area contributed by atoms with Crippen LogP contribution in [0, 0.1) is 0 Å². The van der Waals surface area contributed by atoms with E-state index < -0.39 is 0 Å². The normalized spacial score (nSPS) is 14.4. The molecule has 104 valence electrons. The smallest absolute Gasteiger partial charge is 0.321 e. The molecule has 1 aliphatic rings. The Morgan fingerprint density at radius 3 is 2.70 bits per heavy atom. The molecule has 0 atom stereocenters. The summed E-state index contributed by atoms with van der Waals surface area (Å²) in [5.74, 6) is 0. The van der Waals surface area contributed by atoms with Crippen molar-refractivity contribution in [2.24, 2.45) is 0 Å². The first-order chi connectivity index (χ1) is 9.74. The van der Waals surface area contributed by atoms with Crippen molar-refractivity contribution in [1.82, 2.24) is 5.32 Å². The van der Waals surface area contributed by atoms with E-state index in [9.17, 15) is 4.79 Å². The molecule has 6 heteroatoms. The zero-order valence-corrected chi connectivity index (χ0v) is 13.1. The number of rotatable bonds is 4. The molecule has 1 saturated heterocycles. The highest BCUT2D eigenvalue weighted by Gasteiger charge is 2.20. The van der Waals surface area contributed by atoms with E-state index in [-0.39, 0.29) is 6.03 Å². The first-order valence-electron chi connectivity index (χ1n) is 6.35. The maximum atomic E-state index is 11.6. The van der Waals surface area contributed by atoms with E-state index in [1.165, 1.54) is 4.88 Å². The summed E-state index contributed by atoms with van der Waals surface area (Å²) in [5.41, 5.74) is 1.98. The number of amides is 2. The largest absolute Gasteiger partial charge is 0.380 e. The molecule has 0 bridgehead atoms. The van der Waals surface area contributed by atoms with Crippen molar-refractivity contribution in [2.45, 2.75) is 6.54 Å². The summed E-state index contributed by atoms with van der Waals surface area (Å²) in [7, 11) is 0. The van der Waals surface area contributed by atoms with Crippen LogP contribution in [-0.2, 0) is 6.54 Å². The Morgan fingerprint density at radius 1 is 1.30 bits per heavy atom. The van der Waals surface area contributed by atoms with E-state index in [2.05, 4.69) is 38.0 Å². The van der Waals surface area contributed by atoms with Crippen LogP contribution in [0.15, 0.2) is 40.2 Å². The van der Waals surface area contributed by atoms with E-state index in [0.717, 1.165) is 28.9 Å². The van der Waals surface area contributed by atoms with Crippen LogP contribution >= 0.6 is 27.3 Å². The SMILES string of the molecule is O=C1NCCN1c1ccc(NCc2sccc2Br)cc1. The molecule has 0 saturated carbocycles. The lowest BCUT2D eigenvalue weighted by Gasteiger charge is -2.15. The van der Waals surface area contributed by atoms with Crippen LogP contribution in [0.3, 0.4) is 0 Å². The van der Waals surface area contributed by atoms with E-state index in [1.807, 2.05) is 24.3 Å². The Morgan fingerprint density at radius 2 is 2.10 bits per heavy atom. The molecular formula is C14H14BrN3OS. The molecule has 2 amide bonds. The zero-order chi connectivity index (χ0) is 13.9. The Hall–Kier alpha value is -1.53. The van der Waals surface area contributed by atoms with Crippen LogP contribution < -0.4 is 15.5 Å². The van der Waals surface area contributed by atoms with Gasteiger partial charge in [-0.1, -0.05) is 0 Å². The number of thiophene rings is 1. The Kier molecular flexibility index (Phi) is 3.93. The Balaban J connectivity index is 1.64. The molecule has 1 fully saturated rings. The molecule has 2 heterocycles. The number of carbonyl (C=O) groups excluding carboxylic acids is 1. The van der Waals surface area contributed by atoms with Crippen molar-refractivity contribution in [3.63, 3.8) is 0 Å². The molecule has 1 aliphatic heterocycles.